The van der Waals surface area contributed by atoms with Crippen molar-refractivity contribution < 1.29 is 13.9 Å². The van der Waals surface area contributed by atoms with Crippen LogP contribution in [0.25, 0.3) is 16.9 Å². The predicted molar refractivity (Wildman–Crippen MR) is 122 cm³/mol. The lowest BCUT2D eigenvalue weighted by atomic mass is 10.1. The first-order valence-corrected chi connectivity index (χ1v) is 10.4. The summed E-state index contributed by atoms with van der Waals surface area (Å²) in [4.78, 5) is 43.7. The number of halogens is 1. The number of benzene rings is 2. The molecule has 0 amide bonds. The average Bonchev–Trinajstić information content (AvgIpc) is 3.20. The van der Waals surface area contributed by atoms with E-state index in [1.807, 2.05) is 13.8 Å². The Bertz CT molecular complexity index is 1450. The first kappa shape index (κ1) is 22.2. The molecule has 0 atom stereocenters. The lowest BCUT2D eigenvalue weighted by Crippen LogP contribution is -2.41. The first-order chi connectivity index (χ1) is 15.8. The van der Waals surface area contributed by atoms with Gasteiger partial charge in [0.15, 0.2) is 16.9 Å². The summed E-state index contributed by atoms with van der Waals surface area (Å²) in [6.45, 7) is 3.78. The summed E-state index contributed by atoms with van der Waals surface area (Å²) < 4.78 is 22.8. The van der Waals surface area contributed by atoms with E-state index in [1.165, 1.54) is 40.8 Å². The molecule has 170 valence electrons. The van der Waals surface area contributed by atoms with Gasteiger partial charge < -0.3 is 9.30 Å². The molecule has 0 aliphatic carbocycles. The third-order valence-corrected chi connectivity index (χ3v) is 5.24. The summed E-state index contributed by atoms with van der Waals surface area (Å²) in [6.07, 6.45) is 1.35. The van der Waals surface area contributed by atoms with Gasteiger partial charge in [-0.05, 0) is 48.4 Å². The fraction of sp³-hybridized carbons (Fsp3) is 0.250. The lowest BCUT2D eigenvalue weighted by molar-refractivity contribution is 0.0973. The van der Waals surface area contributed by atoms with Crippen LogP contribution in [0.5, 0.6) is 5.75 Å². The molecule has 0 unspecified atom stereocenters. The molecule has 0 aliphatic rings. The molecule has 2 aromatic heterocycles. The van der Waals surface area contributed by atoms with E-state index in [4.69, 9.17) is 4.74 Å². The third kappa shape index (κ3) is 4.21. The van der Waals surface area contributed by atoms with E-state index in [2.05, 4.69) is 4.98 Å². The molecule has 0 spiro atoms. The van der Waals surface area contributed by atoms with Gasteiger partial charge in [-0.1, -0.05) is 19.9 Å². The fourth-order valence-electron chi connectivity index (χ4n) is 3.70. The van der Waals surface area contributed by atoms with Crippen molar-refractivity contribution in [1.29, 1.82) is 0 Å². The van der Waals surface area contributed by atoms with Crippen LogP contribution < -0.4 is 16.0 Å². The molecule has 4 rings (SSSR count). The molecule has 9 heteroatoms. The molecule has 0 bridgehead atoms. The average molecular weight is 450 g/mol. The minimum Gasteiger partial charge on any atom is -0.497 e. The van der Waals surface area contributed by atoms with Crippen molar-refractivity contribution in [3.63, 3.8) is 0 Å². The van der Waals surface area contributed by atoms with Crippen LogP contribution in [0.4, 0.5) is 4.39 Å². The maximum atomic E-state index is 13.9. The van der Waals surface area contributed by atoms with E-state index in [1.54, 1.807) is 30.3 Å². The molecule has 8 nitrogen and oxygen atoms in total. The topological polar surface area (TPSA) is 88.1 Å². The zero-order valence-electron chi connectivity index (χ0n) is 18.5. The Morgan fingerprint density at radius 3 is 2.48 bits per heavy atom. The highest BCUT2D eigenvalue weighted by atomic mass is 19.1. The molecule has 33 heavy (non-hydrogen) atoms. The van der Waals surface area contributed by atoms with Gasteiger partial charge >= 0.3 is 5.69 Å². The Balaban J connectivity index is 1.89. The Hall–Kier alpha value is -4.01. The molecule has 0 aliphatic heterocycles. The molecule has 0 radical (unpaired) electrons. The molecule has 0 fully saturated rings. The monoisotopic (exact) mass is 450 g/mol. The molecule has 0 saturated heterocycles. The number of ketones is 1. The van der Waals surface area contributed by atoms with Gasteiger partial charge in [-0.3, -0.25) is 14.2 Å². The number of nitrogens with zero attached hydrogens (tertiary/aromatic N) is 4. The van der Waals surface area contributed by atoms with Crippen molar-refractivity contribution in [3.8, 4) is 11.4 Å². The van der Waals surface area contributed by atoms with Crippen molar-refractivity contribution in [3.05, 3.63) is 87.1 Å². The normalized spacial score (nSPS) is 11.3. The Labute approximate surface area is 188 Å². The molecular weight excluding hydrogens is 427 g/mol. The summed E-state index contributed by atoms with van der Waals surface area (Å²) >= 11 is 0. The minimum absolute atomic E-state index is 0.00566. The Kier molecular flexibility index (Phi) is 5.95. The number of hydrogen-bond acceptors (Lipinski definition) is 5. The maximum Gasteiger partial charge on any atom is 0.337 e. The zero-order chi connectivity index (χ0) is 23.7. The smallest absolute Gasteiger partial charge is 0.337 e. The highest BCUT2D eigenvalue weighted by Gasteiger charge is 2.21. The second kappa shape index (κ2) is 8.85. The summed E-state index contributed by atoms with van der Waals surface area (Å²) in [5.74, 6) is -0.139. The quantitative estimate of drug-likeness (QED) is 0.404. The number of aromatic nitrogens is 4. The highest BCUT2D eigenvalue weighted by Crippen LogP contribution is 2.16. The van der Waals surface area contributed by atoms with Crippen LogP contribution in [-0.4, -0.2) is 31.6 Å². The highest BCUT2D eigenvalue weighted by molar-refractivity contribution is 5.96. The third-order valence-electron chi connectivity index (χ3n) is 5.24. The van der Waals surface area contributed by atoms with Crippen molar-refractivity contribution in [2.75, 3.05) is 7.11 Å². The Morgan fingerprint density at radius 2 is 1.85 bits per heavy atom. The number of rotatable bonds is 7. The molecule has 0 saturated carbocycles. The van der Waals surface area contributed by atoms with Crippen LogP contribution in [0.15, 0.2) is 64.4 Å². The zero-order valence-corrected chi connectivity index (χ0v) is 18.5. The van der Waals surface area contributed by atoms with Crippen LogP contribution in [0, 0.1) is 11.7 Å². The van der Waals surface area contributed by atoms with Crippen molar-refractivity contribution in [2.45, 2.75) is 26.9 Å². The van der Waals surface area contributed by atoms with Gasteiger partial charge in [0.1, 0.15) is 11.6 Å². The summed E-state index contributed by atoms with van der Waals surface area (Å²) in [5, 5.41) is 0. The van der Waals surface area contributed by atoms with Crippen molar-refractivity contribution >= 4 is 16.9 Å². The number of fused-ring (bicyclic) bond motifs is 1. The van der Waals surface area contributed by atoms with E-state index in [-0.39, 0.29) is 41.6 Å². The second-order valence-corrected chi connectivity index (χ2v) is 8.10. The number of Topliss-reactive ketones (excluding diaryl/α,β-unsaturated/α-hetero) is 1. The first-order valence-electron chi connectivity index (χ1n) is 10.4. The van der Waals surface area contributed by atoms with Gasteiger partial charge in [-0.2, -0.15) is 0 Å². The van der Waals surface area contributed by atoms with Gasteiger partial charge in [0.05, 0.1) is 25.7 Å². The summed E-state index contributed by atoms with van der Waals surface area (Å²) in [6, 6.07) is 12.1. The van der Waals surface area contributed by atoms with E-state index >= 15 is 0 Å². The van der Waals surface area contributed by atoms with Crippen LogP contribution in [-0.2, 0) is 13.1 Å². The molecular formula is C24H23FN4O4. The SMILES string of the molecule is COc1ccc(C(=O)Cn2cnc3c2c(=O)n(CC(C)C)c(=O)n3-c2cccc(F)c2)cc1. The lowest BCUT2D eigenvalue weighted by Gasteiger charge is -2.14. The number of carbonyl (C=O) groups excluding carboxylic acids is 1. The van der Waals surface area contributed by atoms with Gasteiger partial charge in [0.2, 0.25) is 0 Å². The largest absolute Gasteiger partial charge is 0.497 e. The predicted octanol–water partition coefficient (Wildman–Crippen LogP) is 3.04. The standard InChI is InChI=1S/C24H23FN4O4/c1-15(2)12-28-23(31)21-22(29(24(28)32)18-6-4-5-17(25)11-18)26-14-27(21)13-20(30)16-7-9-19(33-3)10-8-16/h4-11,14-15H,12-13H2,1-3H3. The van der Waals surface area contributed by atoms with Crippen molar-refractivity contribution in [2.24, 2.45) is 5.92 Å². The molecule has 2 heterocycles. The number of hydrogen-bond donors (Lipinski definition) is 0. The minimum atomic E-state index is -0.612. The van der Waals surface area contributed by atoms with E-state index < -0.39 is 17.1 Å². The number of carbonyl (C=O) groups is 1. The number of imidazole rings is 1. The van der Waals surface area contributed by atoms with Gasteiger partial charge in [0.25, 0.3) is 5.56 Å². The maximum absolute atomic E-state index is 13.9. The summed E-state index contributed by atoms with van der Waals surface area (Å²) in [5.41, 5.74) is -0.303. The Morgan fingerprint density at radius 1 is 1.12 bits per heavy atom. The van der Waals surface area contributed by atoms with Gasteiger partial charge in [-0.25, -0.2) is 18.7 Å². The molecule has 2 aromatic carbocycles. The number of methoxy groups -OCH3 is 1. The number of ether oxygens (including phenoxy) is 1. The molecule has 0 N–H and O–H groups in total. The summed E-state index contributed by atoms with van der Waals surface area (Å²) in [7, 11) is 1.54. The van der Waals surface area contributed by atoms with E-state index in [0.29, 0.717) is 11.3 Å². The van der Waals surface area contributed by atoms with Crippen LogP contribution in [0.3, 0.4) is 0 Å². The van der Waals surface area contributed by atoms with Gasteiger partial charge in [-0.15, -0.1) is 0 Å². The second-order valence-electron chi connectivity index (χ2n) is 8.10. The van der Waals surface area contributed by atoms with E-state index in [9.17, 15) is 18.8 Å². The van der Waals surface area contributed by atoms with Crippen molar-refractivity contribution in [1.82, 2.24) is 18.7 Å². The van der Waals surface area contributed by atoms with Crippen LogP contribution in [0.2, 0.25) is 0 Å². The van der Waals surface area contributed by atoms with E-state index in [0.717, 1.165) is 4.57 Å². The van der Waals surface area contributed by atoms with Crippen LogP contribution >= 0.6 is 0 Å². The van der Waals surface area contributed by atoms with Gasteiger partial charge in [0, 0.05) is 12.1 Å². The molecule has 4 aromatic rings. The fourth-order valence-corrected chi connectivity index (χ4v) is 3.70. The van der Waals surface area contributed by atoms with Crippen LogP contribution in [0.1, 0.15) is 24.2 Å².